The minimum atomic E-state index is -0.370. The highest BCUT2D eigenvalue weighted by Crippen LogP contribution is 2.23. The molecule has 0 radical (unpaired) electrons. The number of fused-ring (bicyclic) bond motifs is 1. The number of hydrogen-bond donors (Lipinski definition) is 0. The van der Waals surface area contributed by atoms with Crippen LogP contribution in [0.25, 0.3) is 10.9 Å². The van der Waals surface area contributed by atoms with Crippen molar-refractivity contribution in [2.75, 3.05) is 0 Å². The molecule has 100 valence electrons. The van der Waals surface area contributed by atoms with Gasteiger partial charge in [0, 0.05) is 40.2 Å². The number of benzene rings is 2. The van der Waals surface area contributed by atoms with Crippen molar-refractivity contribution in [1.82, 2.24) is 4.57 Å². The summed E-state index contributed by atoms with van der Waals surface area (Å²) in [5.41, 5.74) is 2.31. The van der Waals surface area contributed by atoms with Crippen molar-refractivity contribution in [3.63, 3.8) is 0 Å². The summed E-state index contributed by atoms with van der Waals surface area (Å²) < 4.78 is 3.14. The standard InChI is InChI=1S/C15H11BrN2O2/c16-13-3-1-11(2-4-13)10-17-8-7-12-9-14(18(19)20)5-6-15(12)17/h1-9H,10H2. The molecule has 0 aliphatic heterocycles. The lowest BCUT2D eigenvalue weighted by Crippen LogP contribution is -1.97. The molecule has 0 bridgehead atoms. The van der Waals surface area contributed by atoms with Crippen LogP contribution in [0.3, 0.4) is 0 Å². The molecule has 0 N–H and O–H groups in total. The van der Waals surface area contributed by atoms with Crippen molar-refractivity contribution in [3.8, 4) is 0 Å². The lowest BCUT2D eigenvalue weighted by Gasteiger charge is -2.06. The Bertz CT molecular complexity index is 778. The summed E-state index contributed by atoms with van der Waals surface area (Å²) >= 11 is 3.41. The SMILES string of the molecule is O=[N+]([O-])c1ccc2c(ccn2Cc2ccc(Br)cc2)c1. The van der Waals surface area contributed by atoms with E-state index in [9.17, 15) is 10.1 Å². The number of nitrogens with zero attached hydrogens (tertiary/aromatic N) is 2. The second-order valence-electron chi connectivity index (χ2n) is 4.57. The fraction of sp³-hybridized carbons (Fsp3) is 0.0667. The van der Waals surface area contributed by atoms with E-state index in [-0.39, 0.29) is 10.6 Å². The Morgan fingerprint density at radius 1 is 1.10 bits per heavy atom. The minimum absolute atomic E-state index is 0.124. The Morgan fingerprint density at radius 2 is 1.85 bits per heavy atom. The van der Waals surface area contributed by atoms with Crippen LogP contribution >= 0.6 is 15.9 Å². The number of nitro groups is 1. The average molecular weight is 331 g/mol. The predicted octanol–water partition coefficient (Wildman–Crippen LogP) is 4.36. The van der Waals surface area contributed by atoms with Crippen molar-refractivity contribution in [3.05, 3.63) is 74.9 Å². The van der Waals surface area contributed by atoms with Crippen molar-refractivity contribution >= 4 is 32.5 Å². The quantitative estimate of drug-likeness (QED) is 0.529. The number of rotatable bonds is 3. The molecule has 1 heterocycles. The molecule has 0 fully saturated rings. The number of halogens is 1. The van der Waals surface area contributed by atoms with Crippen molar-refractivity contribution in [2.24, 2.45) is 0 Å². The second kappa shape index (κ2) is 5.09. The third-order valence-corrected chi connectivity index (χ3v) is 3.76. The maximum Gasteiger partial charge on any atom is 0.270 e. The highest BCUT2D eigenvalue weighted by Gasteiger charge is 2.08. The van der Waals surface area contributed by atoms with E-state index in [1.54, 1.807) is 18.2 Å². The summed E-state index contributed by atoms with van der Waals surface area (Å²) in [6.07, 6.45) is 1.95. The van der Waals surface area contributed by atoms with Gasteiger partial charge in [-0.15, -0.1) is 0 Å². The van der Waals surface area contributed by atoms with E-state index >= 15 is 0 Å². The summed E-state index contributed by atoms with van der Waals surface area (Å²) in [4.78, 5) is 10.4. The molecule has 0 saturated carbocycles. The van der Waals surface area contributed by atoms with Crippen molar-refractivity contribution < 1.29 is 4.92 Å². The lowest BCUT2D eigenvalue weighted by molar-refractivity contribution is -0.384. The highest BCUT2D eigenvalue weighted by molar-refractivity contribution is 9.10. The van der Waals surface area contributed by atoms with Crippen LogP contribution in [0.2, 0.25) is 0 Å². The number of non-ortho nitro benzene ring substituents is 1. The average Bonchev–Trinajstić information content (AvgIpc) is 2.84. The zero-order valence-electron chi connectivity index (χ0n) is 10.5. The van der Waals surface area contributed by atoms with E-state index in [1.165, 1.54) is 5.56 Å². The van der Waals surface area contributed by atoms with Crippen LogP contribution in [0.4, 0.5) is 5.69 Å². The number of hydrogen-bond acceptors (Lipinski definition) is 2. The molecule has 0 amide bonds. The second-order valence-corrected chi connectivity index (χ2v) is 5.49. The van der Waals surface area contributed by atoms with E-state index in [2.05, 4.69) is 32.6 Å². The van der Waals surface area contributed by atoms with Gasteiger partial charge in [0.05, 0.1) is 4.92 Å². The maximum absolute atomic E-state index is 10.8. The van der Waals surface area contributed by atoms with Crippen LogP contribution in [-0.2, 0) is 6.54 Å². The van der Waals surface area contributed by atoms with Gasteiger partial charge >= 0.3 is 0 Å². The van der Waals surface area contributed by atoms with Crippen molar-refractivity contribution in [1.29, 1.82) is 0 Å². The molecule has 0 unspecified atom stereocenters. The fourth-order valence-electron chi connectivity index (χ4n) is 2.23. The first-order chi connectivity index (χ1) is 9.63. The molecule has 4 nitrogen and oxygen atoms in total. The van der Waals surface area contributed by atoms with E-state index in [1.807, 2.05) is 24.4 Å². The van der Waals surface area contributed by atoms with Gasteiger partial charge in [0.1, 0.15) is 0 Å². The first-order valence-electron chi connectivity index (χ1n) is 6.11. The first kappa shape index (κ1) is 12.9. The highest BCUT2D eigenvalue weighted by atomic mass is 79.9. The van der Waals surface area contributed by atoms with Crippen LogP contribution < -0.4 is 0 Å². The molecule has 20 heavy (non-hydrogen) atoms. The van der Waals surface area contributed by atoms with Crippen LogP contribution in [0.5, 0.6) is 0 Å². The van der Waals surface area contributed by atoms with Crippen molar-refractivity contribution in [2.45, 2.75) is 6.54 Å². The Morgan fingerprint density at radius 3 is 2.55 bits per heavy atom. The van der Waals surface area contributed by atoms with E-state index < -0.39 is 0 Å². The molecule has 0 aliphatic rings. The van der Waals surface area contributed by atoms with Crippen LogP contribution in [0.15, 0.2) is 59.2 Å². The smallest absolute Gasteiger partial charge is 0.270 e. The lowest BCUT2D eigenvalue weighted by atomic mass is 10.2. The summed E-state index contributed by atoms with van der Waals surface area (Å²) in [7, 11) is 0. The Hall–Kier alpha value is -2.14. The van der Waals surface area contributed by atoms with Crippen LogP contribution in [0, 0.1) is 10.1 Å². The van der Waals surface area contributed by atoms with Gasteiger partial charge in [-0.25, -0.2) is 0 Å². The van der Waals surface area contributed by atoms with Gasteiger partial charge in [-0.05, 0) is 29.8 Å². The number of nitro benzene ring substituents is 1. The summed E-state index contributed by atoms with van der Waals surface area (Å²) in [6, 6.07) is 15.0. The van der Waals surface area contributed by atoms with E-state index in [0.29, 0.717) is 0 Å². The molecule has 1 aromatic heterocycles. The zero-order valence-corrected chi connectivity index (χ0v) is 12.1. The Balaban J connectivity index is 1.96. The maximum atomic E-state index is 10.8. The molecule has 3 aromatic rings. The number of aromatic nitrogens is 1. The summed E-state index contributed by atoms with van der Waals surface area (Å²) in [6.45, 7) is 0.745. The van der Waals surface area contributed by atoms with Gasteiger partial charge in [0.15, 0.2) is 0 Å². The van der Waals surface area contributed by atoms with Gasteiger partial charge in [-0.2, -0.15) is 0 Å². The predicted molar refractivity (Wildman–Crippen MR) is 81.8 cm³/mol. The third kappa shape index (κ3) is 2.44. The van der Waals surface area contributed by atoms with Gasteiger partial charge in [0.2, 0.25) is 0 Å². The first-order valence-corrected chi connectivity index (χ1v) is 6.90. The molecule has 0 aliphatic carbocycles. The molecule has 0 atom stereocenters. The third-order valence-electron chi connectivity index (χ3n) is 3.23. The van der Waals surface area contributed by atoms with E-state index in [0.717, 1.165) is 21.9 Å². The Kier molecular flexibility index (Phi) is 3.28. The van der Waals surface area contributed by atoms with Gasteiger partial charge in [-0.1, -0.05) is 28.1 Å². The fourth-order valence-corrected chi connectivity index (χ4v) is 2.49. The molecule has 5 heteroatoms. The molecule has 0 saturated heterocycles. The summed E-state index contributed by atoms with van der Waals surface area (Å²) in [5, 5.41) is 11.7. The zero-order chi connectivity index (χ0) is 14.1. The van der Waals surface area contributed by atoms with Gasteiger partial charge < -0.3 is 4.57 Å². The molecular weight excluding hydrogens is 320 g/mol. The van der Waals surface area contributed by atoms with Gasteiger partial charge in [-0.3, -0.25) is 10.1 Å². The van der Waals surface area contributed by atoms with Crippen LogP contribution in [0.1, 0.15) is 5.56 Å². The molecular formula is C15H11BrN2O2. The van der Waals surface area contributed by atoms with Gasteiger partial charge in [0.25, 0.3) is 5.69 Å². The molecule has 2 aromatic carbocycles. The summed E-state index contributed by atoms with van der Waals surface area (Å²) in [5.74, 6) is 0. The van der Waals surface area contributed by atoms with Crippen LogP contribution in [-0.4, -0.2) is 9.49 Å². The molecule has 0 spiro atoms. The minimum Gasteiger partial charge on any atom is -0.343 e. The topological polar surface area (TPSA) is 48.1 Å². The molecule has 3 rings (SSSR count). The monoisotopic (exact) mass is 330 g/mol. The van der Waals surface area contributed by atoms with E-state index in [4.69, 9.17) is 0 Å². The Labute approximate surface area is 123 Å². The largest absolute Gasteiger partial charge is 0.343 e. The normalized spacial score (nSPS) is 10.8.